The number of halogens is 1. The van der Waals surface area contributed by atoms with Crippen molar-refractivity contribution in [3.63, 3.8) is 0 Å². The third-order valence-electron chi connectivity index (χ3n) is 2.92. The third kappa shape index (κ3) is 3.07. The minimum absolute atomic E-state index is 0.00275. The number of benzene rings is 1. The molecule has 1 amide bonds. The highest BCUT2D eigenvalue weighted by molar-refractivity contribution is 6.32. The molecule has 1 aromatic rings. The summed E-state index contributed by atoms with van der Waals surface area (Å²) in [5.74, 6) is 1.61. The zero-order valence-corrected chi connectivity index (χ0v) is 11.2. The number of carbonyl (C=O) groups excluding carboxylic acids is 1. The Balaban J connectivity index is 2.14. The molecule has 0 bridgehead atoms. The molecule has 0 atom stereocenters. The molecule has 1 aliphatic carbocycles. The number of nitrogens with one attached hydrogen (secondary N) is 1. The van der Waals surface area contributed by atoms with E-state index < -0.39 is 0 Å². The Bertz CT molecular complexity index is 458. The average molecular weight is 270 g/mol. The minimum atomic E-state index is -0.00275. The van der Waals surface area contributed by atoms with E-state index >= 15 is 0 Å². The highest BCUT2D eigenvalue weighted by Crippen LogP contribution is 2.37. The summed E-state index contributed by atoms with van der Waals surface area (Å²) in [6.07, 6.45) is 2.86. The molecular formula is C13H16ClNO3. The van der Waals surface area contributed by atoms with Crippen LogP contribution in [0.25, 0.3) is 0 Å². The molecule has 0 saturated heterocycles. The maximum atomic E-state index is 11.8. The van der Waals surface area contributed by atoms with Crippen LogP contribution in [-0.4, -0.2) is 20.1 Å². The molecule has 0 heterocycles. The molecule has 2 rings (SSSR count). The number of ether oxygens (including phenoxy) is 2. The minimum Gasteiger partial charge on any atom is -0.495 e. The number of anilines is 1. The number of methoxy groups -OCH3 is 2. The van der Waals surface area contributed by atoms with Gasteiger partial charge in [0.1, 0.15) is 11.5 Å². The molecule has 1 fully saturated rings. The Kier molecular flexibility index (Phi) is 3.97. The molecule has 18 heavy (non-hydrogen) atoms. The first kappa shape index (κ1) is 13.0. The average Bonchev–Trinajstić information content (AvgIpc) is 3.13. The van der Waals surface area contributed by atoms with E-state index in [9.17, 15) is 4.79 Å². The van der Waals surface area contributed by atoms with Gasteiger partial charge < -0.3 is 14.8 Å². The van der Waals surface area contributed by atoms with Gasteiger partial charge in [-0.15, -0.1) is 0 Å². The standard InChI is InChI=1S/C13H16ClNO3/c1-17-11-7-12(18-2)10(6-9(11)14)15-13(16)5-8-3-4-8/h6-8H,3-5H2,1-2H3,(H,15,16). The van der Waals surface area contributed by atoms with Crippen LogP contribution in [0.15, 0.2) is 12.1 Å². The molecule has 1 saturated carbocycles. The van der Waals surface area contributed by atoms with Crippen LogP contribution in [-0.2, 0) is 4.79 Å². The maximum Gasteiger partial charge on any atom is 0.224 e. The highest BCUT2D eigenvalue weighted by atomic mass is 35.5. The zero-order valence-electron chi connectivity index (χ0n) is 10.5. The Hall–Kier alpha value is -1.42. The van der Waals surface area contributed by atoms with E-state index in [1.807, 2.05) is 0 Å². The second-order valence-electron chi connectivity index (χ2n) is 4.38. The van der Waals surface area contributed by atoms with Crippen LogP contribution in [0.1, 0.15) is 19.3 Å². The lowest BCUT2D eigenvalue weighted by Crippen LogP contribution is -2.12. The van der Waals surface area contributed by atoms with E-state index in [-0.39, 0.29) is 5.91 Å². The summed E-state index contributed by atoms with van der Waals surface area (Å²) in [5, 5.41) is 3.27. The third-order valence-corrected chi connectivity index (χ3v) is 3.21. The van der Waals surface area contributed by atoms with Crippen molar-refractivity contribution in [1.29, 1.82) is 0 Å². The lowest BCUT2D eigenvalue weighted by molar-refractivity contribution is -0.116. The van der Waals surface area contributed by atoms with Crippen molar-refractivity contribution >= 4 is 23.2 Å². The molecule has 1 N–H and O–H groups in total. The van der Waals surface area contributed by atoms with Crippen molar-refractivity contribution in [3.8, 4) is 11.5 Å². The van der Waals surface area contributed by atoms with Crippen molar-refractivity contribution in [3.05, 3.63) is 17.2 Å². The van der Waals surface area contributed by atoms with E-state index in [1.54, 1.807) is 19.2 Å². The van der Waals surface area contributed by atoms with Gasteiger partial charge in [-0.3, -0.25) is 4.79 Å². The topological polar surface area (TPSA) is 47.6 Å². The zero-order chi connectivity index (χ0) is 13.1. The van der Waals surface area contributed by atoms with Crippen LogP contribution in [0.2, 0.25) is 5.02 Å². The fourth-order valence-corrected chi connectivity index (χ4v) is 1.98. The van der Waals surface area contributed by atoms with Crippen molar-refractivity contribution < 1.29 is 14.3 Å². The molecule has 0 radical (unpaired) electrons. The lowest BCUT2D eigenvalue weighted by atomic mass is 10.2. The summed E-state index contributed by atoms with van der Waals surface area (Å²) in [4.78, 5) is 11.8. The van der Waals surface area contributed by atoms with E-state index in [1.165, 1.54) is 7.11 Å². The monoisotopic (exact) mass is 269 g/mol. The molecule has 98 valence electrons. The molecule has 0 spiro atoms. The molecule has 4 nitrogen and oxygen atoms in total. The van der Waals surface area contributed by atoms with E-state index in [0.717, 1.165) is 12.8 Å². The number of hydrogen-bond donors (Lipinski definition) is 1. The summed E-state index contributed by atoms with van der Waals surface area (Å²) < 4.78 is 10.3. The first-order chi connectivity index (χ1) is 8.63. The smallest absolute Gasteiger partial charge is 0.224 e. The van der Waals surface area contributed by atoms with Gasteiger partial charge in [-0.1, -0.05) is 11.6 Å². The first-order valence-corrected chi connectivity index (χ1v) is 6.23. The fourth-order valence-electron chi connectivity index (χ4n) is 1.74. The van der Waals surface area contributed by atoms with Gasteiger partial charge in [0.15, 0.2) is 0 Å². The van der Waals surface area contributed by atoms with Crippen molar-refractivity contribution in [1.82, 2.24) is 0 Å². The summed E-state index contributed by atoms with van der Waals surface area (Å²) in [5.41, 5.74) is 0.578. The van der Waals surface area contributed by atoms with E-state index in [0.29, 0.717) is 34.5 Å². The predicted octanol–water partition coefficient (Wildman–Crippen LogP) is 3.10. The van der Waals surface area contributed by atoms with Gasteiger partial charge >= 0.3 is 0 Å². The summed E-state index contributed by atoms with van der Waals surface area (Å²) in [6.45, 7) is 0. The second-order valence-corrected chi connectivity index (χ2v) is 4.79. The van der Waals surface area contributed by atoms with Crippen LogP contribution in [0.5, 0.6) is 11.5 Å². The van der Waals surface area contributed by atoms with Gasteiger partial charge in [0.2, 0.25) is 5.91 Å². The fraction of sp³-hybridized carbons (Fsp3) is 0.462. The molecule has 0 unspecified atom stereocenters. The molecular weight excluding hydrogens is 254 g/mol. The predicted molar refractivity (Wildman–Crippen MR) is 70.5 cm³/mol. The molecule has 0 aliphatic heterocycles. The maximum absolute atomic E-state index is 11.8. The van der Waals surface area contributed by atoms with E-state index in [2.05, 4.69) is 5.32 Å². The second kappa shape index (κ2) is 5.48. The largest absolute Gasteiger partial charge is 0.495 e. The van der Waals surface area contributed by atoms with Crippen LogP contribution in [0.4, 0.5) is 5.69 Å². The van der Waals surface area contributed by atoms with Crippen LogP contribution in [0, 0.1) is 5.92 Å². The highest BCUT2D eigenvalue weighted by Gasteiger charge is 2.24. The Labute approximate surface area is 111 Å². The summed E-state index contributed by atoms with van der Waals surface area (Å²) in [6, 6.07) is 3.30. The van der Waals surface area contributed by atoms with E-state index in [4.69, 9.17) is 21.1 Å². The number of rotatable bonds is 5. The van der Waals surface area contributed by atoms with Crippen LogP contribution >= 0.6 is 11.6 Å². The normalized spacial score (nSPS) is 14.2. The Morgan fingerprint density at radius 2 is 2.00 bits per heavy atom. The van der Waals surface area contributed by atoms with Gasteiger partial charge in [-0.2, -0.15) is 0 Å². The molecule has 5 heteroatoms. The van der Waals surface area contributed by atoms with Gasteiger partial charge in [0.05, 0.1) is 24.9 Å². The molecule has 0 aromatic heterocycles. The summed E-state index contributed by atoms with van der Waals surface area (Å²) in [7, 11) is 3.07. The van der Waals surface area contributed by atoms with Crippen molar-refractivity contribution in [2.24, 2.45) is 5.92 Å². The Morgan fingerprint density at radius 1 is 1.33 bits per heavy atom. The number of carbonyl (C=O) groups is 1. The first-order valence-electron chi connectivity index (χ1n) is 5.85. The number of amides is 1. The van der Waals surface area contributed by atoms with Gasteiger partial charge in [-0.25, -0.2) is 0 Å². The molecule has 1 aliphatic rings. The lowest BCUT2D eigenvalue weighted by Gasteiger charge is -2.12. The van der Waals surface area contributed by atoms with Crippen LogP contribution in [0.3, 0.4) is 0 Å². The van der Waals surface area contributed by atoms with Gasteiger partial charge in [0.25, 0.3) is 0 Å². The molecule has 1 aromatic carbocycles. The van der Waals surface area contributed by atoms with Crippen LogP contribution < -0.4 is 14.8 Å². The van der Waals surface area contributed by atoms with Gasteiger partial charge in [-0.05, 0) is 24.8 Å². The quantitative estimate of drug-likeness (QED) is 0.893. The van der Waals surface area contributed by atoms with Crippen molar-refractivity contribution in [2.45, 2.75) is 19.3 Å². The SMILES string of the molecule is COc1cc(OC)c(NC(=O)CC2CC2)cc1Cl. The van der Waals surface area contributed by atoms with Crippen molar-refractivity contribution in [2.75, 3.05) is 19.5 Å². The Morgan fingerprint density at radius 3 is 2.56 bits per heavy atom. The van der Waals surface area contributed by atoms with Gasteiger partial charge in [0, 0.05) is 12.5 Å². The number of hydrogen-bond acceptors (Lipinski definition) is 3. The summed E-state index contributed by atoms with van der Waals surface area (Å²) >= 11 is 6.03.